The Hall–Kier alpha value is 0.300. The molecule has 1 N–H and O–H groups in total. The van der Waals surface area contributed by atoms with Gasteiger partial charge in [-0.3, -0.25) is 4.21 Å². The Morgan fingerprint density at radius 2 is 1.69 bits per heavy atom. The van der Waals surface area contributed by atoms with Crippen LogP contribution in [-0.2, 0) is 25.3 Å². The van der Waals surface area contributed by atoms with Crippen molar-refractivity contribution in [3.8, 4) is 0 Å². The molecule has 0 aromatic carbocycles. The van der Waals surface area contributed by atoms with E-state index >= 15 is 0 Å². The van der Waals surface area contributed by atoms with Crippen LogP contribution >= 0.6 is 0 Å². The van der Waals surface area contributed by atoms with E-state index in [1.807, 2.05) is 0 Å². The fourth-order valence-electron chi connectivity index (χ4n) is 3.15. The second-order valence-electron chi connectivity index (χ2n) is 7.38. The van der Waals surface area contributed by atoms with Crippen LogP contribution in [0, 0.1) is 0 Å². The van der Waals surface area contributed by atoms with Gasteiger partial charge in [0, 0.05) is 12.3 Å². The molecule has 1 fully saturated rings. The zero-order valence-corrected chi connectivity index (χ0v) is 21.1. The molecule has 0 radical (unpaired) electrons. The maximum Gasteiger partial charge on any atom is 1.00 e. The Morgan fingerprint density at radius 1 is 1.07 bits per heavy atom. The molecule has 0 spiro atoms. The summed E-state index contributed by atoms with van der Waals surface area (Å²) in [6, 6.07) is 0. The first-order valence-corrected chi connectivity index (χ1v) is 12.1. The number of alkyl carbamates (subject to hydrolysis) is 1. The molecule has 0 aliphatic carbocycles. The summed E-state index contributed by atoms with van der Waals surface area (Å²) in [7, 11) is 0. The van der Waals surface area contributed by atoms with Crippen molar-refractivity contribution in [2.75, 3.05) is 25.5 Å². The summed E-state index contributed by atoms with van der Waals surface area (Å²) in [4.78, 5) is 11.5. The van der Waals surface area contributed by atoms with Crippen LogP contribution in [0.15, 0.2) is 0 Å². The molecule has 0 aromatic heterocycles. The zero-order chi connectivity index (χ0) is 20.5. The van der Waals surface area contributed by atoms with Crippen LogP contribution in [0.5, 0.6) is 0 Å². The zero-order valence-electron chi connectivity index (χ0n) is 18.3. The first-order valence-electron chi connectivity index (χ1n) is 10.9. The fraction of sp³-hybridized carbons (Fsp3) is 0.950. The van der Waals surface area contributed by atoms with Crippen LogP contribution < -0.4 is 34.9 Å². The monoisotopic (exact) mass is 443 g/mol. The van der Waals surface area contributed by atoms with Gasteiger partial charge < -0.3 is 24.1 Å². The minimum absolute atomic E-state index is 0. The molecule has 1 amide bonds. The second kappa shape index (κ2) is 20.2. The number of hydrogen-bond donors (Lipinski definition) is 1. The van der Waals surface area contributed by atoms with E-state index in [0.29, 0.717) is 13.0 Å². The van der Waals surface area contributed by atoms with Crippen molar-refractivity contribution in [2.45, 2.75) is 96.4 Å². The van der Waals surface area contributed by atoms with Crippen molar-refractivity contribution < 1.29 is 57.3 Å². The van der Waals surface area contributed by atoms with Gasteiger partial charge in [-0.15, -0.1) is 0 Å². The van der Waals surface area contributed by atoms with Crippen LogP contribution in [0.4, 0.5) is 4.79 Å². The first kappa shape index (κ1) is 29.3. The van der Waals surface area contributed by atoms with Gasteiger partial charge in [0.2, 0.25) is 0 Å². The molecule has 166 valence electrons. The third-order valence-corrected chi connectivity index (χ3v) is 5.39. The summed E-state index contributed by atoms with van der Waals surface area (Å²) in [6.45, 7) is 3.10. The van der Waals surface area contributed by atoms with Crippen molar-refractivity contribution in [1.82, 2.24) is 5.32 Å². The number of amides is 1. The predicted molar refractivity (Wildman–Crippen MR) is 109 cm³/mol. The van der Waals surface area contributed by atoms with Gasteiger partial charge in [-0.05, 0) is 19.3 Å². The number of ether oxygens (including phenoxy) is 3. The maximum absolute atomic E-state index is 11.5. The number of rotatable bonds is 17. The van der Waals surface area contributed by atoms with Gasteiger partial charge >= 0.3 is 35.7 Å². The van der Waals surface area contributed by atoms with Gasteiger partial charge in [-0.2, -0.15) is 0 Å². The van der Waals surface area contributed by atoms with Crippen LogP contribution in [0.3, 0.4) is 0 Å². The quantitative estimate of drug-likeness (QED) is 0.205. The average Bonchev–Trinajstić information content (AvgIpc) is 3.13. The number of unbranched alkanes of at least 4 members (excludes halogenated alkanes) is 9. The summed E-state index contributed by atoms with van der Waals surface area (Å²) in [6.07, 6.45) is 13.3. The SMILES string of the molecule is CCCCCCCCCCCCC1OCC(COC(=O)NCCCS(=O)[O-])O1.[Na+]. The number of nitrogens with one attached hydrogen (secondary N) is 1. The van der Waals surface area contributed by atoms with Crippen molar-refractivity contribution in [3.05, 3.63) is 0 Å². The Bertz CT molecular complexity index is 430. The van der Waals surface area contributed by atoms with E-state index in [1.165, 1.54) is 57.8 Å². The maximum atomic E-state index is 11.5. The van der Waals surface area contributed by atoms with Crippen LogP contribution in [0.2, 0.25) is 0 Å². The minimum atomic E-state index is -2.08. The van der Waals surface area contributed by atoms with Crippen molar-refractivity contribution in [3.63, 3.8) is 0 Å². The van der Waals surface area contributed by atoms with Gasteiger partial charge in [0.1, 0.15) is 12.7 Å². The molecule has 1 aliphatic heterocycles. The molecule has 3 atom stereocenters. The molecule has 1 heterocycles. The molecule has 9 heteroatoms. The van der Waals surface area contributed by atoms with Gasteiger partial charge in [-0.1, -0.05) is 75.8 Å². The van der Waals surface area contributed by atoms with Gasteiger partial charge in [0.05, 0.1) is 6.61 Å². The van der Waals surface area contributed by atoms with Crippen molar-refractivity contribution in [2.24, 2.45) is 0 Å². The molecule has 0 saturated carbocycles. The summed E-state index contributed by atoms with van der Waals surface area (Å²) in [5.41, 5.74) is 0. The Morgan fingerprint density at radius 3 is 2.31 bits per heavy atom. The van der Waals surface area contributed by atoms with Crippen molar-refractivity contribution >= 4 is 17.2 Å². The molecule has 29 heavy (non-hydrogen) atoms. The van der Waals surface area contributed by atoms with Crippen LogP contribution in [0.25, 0.3) is 0 Å². The third kappa shape index (κ3) is 17.7. The van der Waals surface area contributed by atoms with Gasteiger partial charge in [0.15, 0.2) is 6.29 Å². The number of hydrogen-bond acceptors (Lipinski definition) is 6. The average molecular weight is 444 g/mol. The Balaban J connectivity index is 0.00000784. The van der Waals surface area contributed by atoms with E-state index in [9.17, 15) is 13.6 Å². The Kier molecular flexibility index (Phi) is 20.4. The van der Waals surface area contributed by atoms with E-state index in [-0.39, 0.29) is 60.9 Å². The molecule has 3 unspecified atom stereocenters. The second-order valence-corrected chi connectivity index (χ2v) is 8.39. The molecular formula is C20H38NNaO6S. The standard InChI is InChI=1S/C20H39NO6S.Na/c1-2-3-4-5-6-7-8-9-10-11-13-19-25-16-18(27-19)17-26-20(22)21-14-12-15-28(23)24;/h18-19H,2-17H2,1H3,(H,21,22)(H,23,24);/q;+1/p-1. The first-order chi connectivity index (χ1) is 13.6. The Labute approximate surface area is 201 Å². The fourth-order valence-corrected chi connectivity index (χ4v) is 3.53. The minimum Gasteiger partial charge on any atom is -0.772 e. The normalized spacial score (nSPS) is 19.5. The third-order valence-electron chi connectivity index (χ3n) is 4.76. The summed E-state index contributed by atoms with van der Waals surface area (Å²) in [5, 5.41) is 2.51. The summed E-state index contributed by atoms with van der Waals surface area (Å²) < 4.78 is 37.2. The van der Waals surface area contributed by atoms with E-state index in [2.05, 4.69) is 12.2 Å². The smallest absolute Gasteiger partial charge is 0.772 e. The molecule has 7 nitrogen and oxygen atoms in total. The molecule has 0 bridgehead atoms. The molecule has 1 aliphatic rings. The van der Waals surface area contributed by atoms with E-state index < -0.39 is 17.2 Å². The van der Waals surface area contributed by atoms with Crippen LogP contribution in [0.1, 0.15) is 84.0 Å². The van der Waals surface area contributed by atoms with Gasteiger partial charge in [-0.25, -0.2) is 4.79 Å². The number of carbonyl (C=O) groups excluding carboxylic acids is 1. The molecule has 1 saturated heterocycles. The van der Waals surface area contributed by atoms with E-state index in [0.717, 1.165) is 12.8 Å². The van der Waals surface area contributed by atoms with E-state index in [4.69, 9.17) is 14.2 Å². The summed E-state index contributed by atoms with van der Waals surface area (Å²) >= 11 is -2.08. The van der Waals surface area contributed by atoms with E-state index in [1.54, 1.807) is 0 Å². The largest absolute Gasteiger partial charge is 1.00 e. The topological polar surface area (TPSA) is 96.9 Å². The predicted octanol–water partition coefficient (Wildman–Crippen LogP) is 1.04. The van der Waals surface area contributed by atoms with Crippen LogP contribution in [-0.4, -0.2) is 52.8 Å². The summed E-state index contributed by atoms with van der Waals surface area (Å²) in [5.74, 6) is 0.0283. The van der Waals surface area contributed by atoms with Crippen molar-refractivity contribution in [1.29, 1.82) is 0 Å². The number of carbonyl (C=O) groups is 1. The molecule has 1 rings (SSSR count). The van der Waals surface area contributed by atoms with Gasteiger partial charge in [0.25, 0.3) is 0 Å². The molecular weight excluding hydrogens is 405 g/mol. The molecule has 0 aromatic rings.